The topological polar surface area (TPSA) is 97.1 Å². The smallest absolute Gasteiger partial charge is 0.269 e. The summed E-state index contributed by atoms with van der Waals surface area (Å²) in [5.41, 5.74) is 3.37. The number of amides is 1. The van der Waals surface area contributed by atoms with Crippen LogP contribution in [0.4, 0.5) is 5.69 Å². The summed E-state index contributed by atoms with van der Waals surface area (Å²) in [5, 5.41) is 2.66. The molecule has 7 heteroatoms. The average Bonchev–Trinajstić information content (AvgIpc) is 2.38. The zero-order valence-electron chi connectivity index (χ0n) is 9.60. The molecule has 0 saturated carbocycles. The molecule has 0 fully saturated rings. The van der Waals surface area contributed by atoms with Crippen molar-refractivity contribution in [2.75, 3.05) is 23.5 Å². The third-order valence-electron chi connectivity index (χ3n) is 2.10. The van der Waals surface area contributed by atoms with E-state index in [4.69, 9.17) is 5.84 Å². The molecule has 1 unspecified atom stereocenters. The molecule has 0 aliphatic heterocycles. The second-order valence-corrected chi connectivity index (χ2v) is 5.13. The van der Waals surface area contributed by atoms with E-state index in [9.17, 15) is 9.00 Å². The van der Waals surface area contributed by atoms with E-state index in [0.717, 1.165) is 0 Å². The summed E-state index contributed by atoms with van der Waals surface area (Å²) in [6.07, 6.45) is 1.47. The lowest BCUT2D eigenvalue weighted by Gasteiger charge is -2.04. The fourth-order valence-electron chi connectivity index (χ4n) is 1.13. The number of rotatable bonds is 6. The Kier molecular flexibility index (Phi) is 5.58. The number of carbonyl (C=O) groups is 1. The molecule has 1 rings (SSSR count). The highest BCUT2D eigenvalue weighted by Gasteiger charge is 2.06. The van der Waals surface area contributed by atoms with Crippen LogP contribution in [0.5, 0.6) is 0 Å². The number of hydrazine groups is 1. The van der Waals surface area contributed by atoms with Crippen molar-refractivity contribution in [3.8, 4) is 0 Å². The van der Waals surface area contributed by atoms with Crippen molar-refractivity contribution in [1.82, 2.24) is 10.3 Å². The Balaban J connectivity index is 2.44. The van der Waals surface area contributed by atoms with Crippen LogP contribution in [-0.2, 0) is 10.8 Å². The summed E-state index contributed by atoms with van der Waals surface area (Å²) >= 11 is 0. The molecule has 0 aromatic carbocycles. The Hall–Kier alpha value is -1.47. The molecule has 0 radical (unpaired) electrons. The van der Waals surface area contributed by atoms with Crippen molar-refractivity contribution >= 4 is 22.4 Å². The van der Waals surface area contributed by atoms with Crippen LogP contribution < -0.4 is 16.6 Å². The number of nitrogens with zero attached hydrogens (tertiary/aromatic N) is 1. The molecule has 0 spiro atoms. The molecule has 1 amide bonds. The first kappa shape index (κ1) is 13.6. The number of aromatic nitrogens is 1. The Bertz CT molecular complexity index is 394. The van der Waals surface area contributed by atoms with Crippen LogP contribution in [0.1, 0.15) is 17.4 Å². The van der Waals surface area contributed by atoms with Gasteiger partial charge in [0.2, 0.25) is 0 Å². The molecule has 1 aromatic rings. The van der Waals surface area contributed by atoms with Gasteiger partial charge in [-0.1, -0.05) is 6.92 Å². The molecule has 1 aromatic heterocycles. The standard InChI is InChI=1S/C10H16N4O2S/c1-2-17(16)6-5-12-10(15)9-4-3-8(14-11)7-13-9/h3-4,7,14H,2,5-6,11H2,1H3,(H,12,15). The van der Waals surface area contributed by atoms with Crippen LogP contribution in [-0.4, -0.2) is 33.2 Å². The molecule has 94 valence electrons. The van der Waals surface area contributed by atoms with Crippen LogP contribution >= 0.6 is 0 Å². The van der Waals surface area contributed by atoms with Gasteiger partial charge in [0, 0.05) is 28.9 Å². The molecular formula is C10H16N4O2S. The molecule has 0 aliphatic carbocycles. The fraction of sp³-hybridized carbons (Fsp3) is 0.400. The Morgan fingerprint density at radius 3 is 2.82 bits per heavy atom. The number of anilines is 1. The number of pyridine rings is 1. The SMILES string of the molecule is CCS(=O)CCNC(=O)c1ccc(NN)cn1. The monoisotopic (exact) mass is 256 g/mol. The molecule has 1 atom stereocenters. The highest BCUT2D eigenvalue weighted by molar-refractivity contribution is 7.84. The summed E-state index contributed by atoms with van der Waals surface area (Å²) in [4.78, 5) is 15.5. The van der Waals surface area contributed by atoms with Gasteiger partial charge in [0.25, 0.3) is 5.91 Å². The van der Waals surface area contributed by atoms with Crippen molar-refractivity contribution in [2.24, 2.45) is 5.84 Å². The van der Waals surface area contributed by atoms with Crippen LogP contribution in [0, 0.1) is 0 Å². The minimum atomic E-state index is -0.867. The third-order valence-corrected chi connectivity index (χ3v) is 3.40. The zero-order valence-corrected chi connectivity index (χ0v) is 10.4. The van der Waals surface area contributed by atoms with E-state index >= 15 is 0 Å². The second-order valence-electron chi connectivity index (χ2n) is 3.26. The van der Waals surface area contributed by atoms with Gasteiger partial charge in [0.1, 0.15) is 5.69 Å². The lowest BCUT2D eigenvalue weighted by molar-refractivity contribution is 0.0951. The maximum absolute atomic E-state index is 11.6. The largest absolute Gasteiger partial charge is 0.350 e. The van der Waals surface area contributed by atoms with E-state index in [-0.39, 0.29) is 5.91 Å². The van der Waals surface area contributed by atoms with Gasteiger partial charge in [-0.25, -0.2) is 4.98 Å². The molecule has 0 saturated heterocycles. The van der Waals surface area contributed by atoms with Crippen LogP contribution in [0.25, 0.3) is 0 Å². The van der Waals surface area contributed by atoms with Gasteiger partial charge in [-0.3, -0.25) is 14.8 Å². The van der Waals surface area contributed by atoms with E-state index in [1.54, 1.807) is 12.1 Å². The molecule has 6 nitrogen and oxygen atoms in total. The maximum Gasteiger partial charge on any atom is 0.269 e. The predicted molar refractivity (Wildman–Crippen MR) is 67.9 cm³/mol. The van der Waals surface area contributed by atoms with E-state index < -0.39 is 10.8 Å². The molecule has 1 heterocycles. The van der Waals surface area contributed by atoms with Crippen molar-refractivity contribution in [2.45, 2.75) is 6.92 Å². The Labute approximate surface area is 102 Å². The zero-order chi connectivity index (χ0) is 12.7. The molecule has 17 heavy (non-hydrogen) atoms. The number of nitrogen functional groups attached to an aromatic ring is 1. The fourth-order valence-corrected chi connectivity index (χ4v) is 1.75. The summed E-state index contributed by atoms with van der Waals surface area (Å²) in [7, 11) is -0.867. The normalized spacial score (nSPS) is 11.9. The van der Waals surface area contributed by atoms with Crippen molar-refractivity contribution in [1.29, 1.82) is 0 Å². The van der Waals surface area contributed by atoms with Crippen LogP contribution in [0.15, 0.2) is 18.3 Å². The first-order chi connectivity index (χ1) is 8.17. The number of hydrogen-bond donors (Lipinski definition) is 3. The van der Waals surface area contributed by atoms with E-state index in [0.29, 0.717) is 29.4 Å². The summed E-state index contributed by atoms with van der Waals surface area (Å²) in [6.45, 7) is 2.23. The first-order valence-electron chi connectivity index (χ1n) is 5.23. The average molecular weight is 256 g/mol. The van der Waals surface area contributed by atoms with E-state index in [1.807, 2.05) is 6.92 Å². The molecule has 0 aliphatic rings. The third kappa shape index (κ3) is 4.49. The highest BCUT2D eigenvalue weighted by Crippen LogP contribution is 2.03. The van der Waals surface area contributed by atoms with Crippen LogP contribution in [0.2, 0.25) is 0 Å². The first-order valence-corrected chi connectivity index (χ1v) is 6.72. The van der Waals surface area contributed by atoms with E-state index in [2.05, 4.69) is 15.7 Å². The summed E-state index contributed by atoms with van der Waals surface area (Å²) in [6, 6.07) is 3.23. The Morgan fingerprint density at radius 2 is 2.29 bits per heavy atom. The summed E-state index contributed by atoms with van der Waals surface area (Å²) < 4.78 is 11.1. The van der Waals surface area contributed by atoms with Gasteiger partial charge in [-0.15, -0.1) is 0 Å². The molecular weight excluding hydrogens is 240 g/mol. The Morgan fingerprint density at radius 1 is 1.53 bits per heavy atom. The van der Waals surface area contributed by atoms with Crippen molar-refractivity contribution in [3.05, 3.63) is 24.0 Å². The lowest BCUT2D eigenvalue weighted by Crippen LogP contribution is -2.28. The van der Waals surface area contributed by atoms with E-state index in [1.165, 1.54) is 6.20 Å². The number of carbonyl (C=O) groups excluding carboxylic acids is 1. The molecule has 0 bridgehead atoms. The van der Waals surface area contributed by atoms with Crippen LogP contribution in [0.3, 0.4) is 0 Å². The second kappa shape index (κ2) is 6.97. The maximum atomic E-state index is 11.6. The minimum absolute atomic E-state index is 0.276. The predicted octanol–water partition coefficient (Wildman–Crippen LogP) is -0.134. The van der Waals surface area contributed by atoms with Gasteiger partial charge in [-0.05, 0) is 12.1 Å². The molecule has 4 N–H and O–H groups in total. The van der Waals surface area contributed by atoms with Crippen molar-refractivity contribution in [3.63, 3.8) is 0 Å². The lowest BCUT2D eigenvalue weighted by atomic mass is 10.3. The van der Waals surface area contributed by atoms with Gasteiger partial charge < -0.3 is 10.7 Å². The number of hydrogen-bond acceptors (Lipinski definition) is 5. The number of nitrogens with two attached hydrogens (primary N) is 1. The van der Waals surface area contributed by atoms with Crippen molar-refractivity contribution < 1.29 is 9.00 Å². The number of nitrogens with one attached hydrogen (secondary N) is 2. The van der Waals surface area contributed by atoms with Gasteiger partial charge in [0.15, 0.2) is 0 Å². The highest BCUT2D eigenvalue weighted by atomic mass is 32.2. The van der Waals surface area contributed by atoms with Gasteiger partial charge in [-0.2, -0.15) is 0 Å². The van der Waals surface area contributed by atoms with Gasteiger partial charge in [0.05, 0.1) is 11.9 Å². The summed E-state index contributed by atoms with van der Waals surface area (Å²) in [5.74, 6) is 5.97. The quantitative estimate of drug-likeness (QED) is 0.486. The van der Waals surface area contributed by atoms with Gasteiger partial charge >= 0.3 is 0 Å². The minimum Gasteiger partial charge on any atom is -0.350 e.